The maximum Gasteiger partial charge on any atom is 0.252 e. The molecule has 4 nitrogen and oxygen atoms in total. The second-order valence-corrected chi connectivity index (χ2v) is 4.17. The van der Waals surface area contributed by atoms with Gasteiger partial charge < -0.3 is 10.5 Å². The second-order valence-electron chi connectivity index (χ2n) is 3.38. The molecule has 0 atom stereocenters. The van der Waals surface area contributed by atoms with Crippen LogP contribution in [0.15, 0.2) is 17.3 Å². The number of amides is 1. The van der Waals surface area contributed by atoms with E-state index >= 15 is 0 Å². The zero-order valence-electron chi connectivity index (χ0n) is 8.40. The highest BCUT2D eigenvalue weighted by atomic mass is 32.2. The quantitative estimate of drug-likeness (QED) is 0.786. The van der Waals surface area contributed by atoms with Crippen molar-refractivity contribution in [3.05, 3.63) is 17.8 Å². The molecule has 0 radical (unpaired) electrons. The van der Waals surface area contributed by atoms with E-state index in [0.717, 1.165) is 17.9 Å². The van der Waals surface area contributed by atoms with Crippen LogP contribution in [0.1, 0.15) is 23.2 Å². The van der Waals surface area contributed by atoms with Crippen molar-refractivity contribution in [3.8, 4) is 5.75 Å². The summed E-state index contributed by atoms with van der Waals surface area (Å²) in [6, 6.07) is 1.60. The highest BCUT2D eigenvalue weighted by Crippen LogP contribution is 2.34. The molecule has 1 saturated carbocycles. The van der Waals surface area contributed by atoms with Gasteiger partial charge in [-0.15, -0.1) is 11.8 Å². The summed E-state index contributed by atoms with van der Waals surface area (Å²) < 4.78 is 5.66. The Morgan fingerprint density at radius 3 is 2.93 bits per heavy atom. The van der Waals surface area contributed by atoms with E-state index in [9.17, 15) is 4.79 Å². The van der Waals surface area contributed by atoms with Crippen LogP contribution in [-0.4, -0.2) is 23.3 Å². The molecule has 1 heterocycles. The van der Waals surface area contributed by atoms with E-state index in [1.165, 1.54) is 11.8 Å². The summed E-state index contributed by atoms with van der Waals surface area (Å²) in [7, 11) is 0. The van der Waals surface area contributed by atoms with Gasteiger partial charge in [-0.05, 0) is 25.2 Å². The lowest BCUT2D eigenvalue weighted by Gasteiger charge is -2.11. The Kier molecular flexibility index (Phi) is 2.81. The highest BCUT2D eigenvalue weighted by molar-refractivity contribution is 7.98. The van der Waals surface area contributed by atoms with Crippen LogP contribution in [-0.2, 0) is 0 Å². The minimum atomic E-state index is -0.469. The molecule has 80 valence electrons. The Bertz CT molecular complexity index is 391. The van der Waals surface area contributed by atoms with Gasteiger partial charge in [-0.1, -0.05) is 0 Å². The van der Waals surface area contributed by atoms with Crippen molar-refractivity contribution in [2.24, 2.45) is 5.73 Å². The van der Waals surface area contributed by atoms with E-state index in [4.69, 9.17) is 10.5 Å². The Balaban J connectivity index is 2.38. The molecule has 1 fully saturated rings. The summed E-state index contributed by atoms with van der Waals surface area (Å²) in [6.07, 6.45) is 5.79. The molecule has 0 bridgehead atoms. The van der Waals surface area contributed by atoms with Crippen LogP contribution < -0.4 is 10.5 Å². The number of rotatable bonds is 4. The zero-order chi connectivity index (χ0) is 10.8. The fourth-order valence-corrected chi connectivity index (χ4v) is 1.74. The first-order valence-corrected chi connectivity index (χ1v) is 5.94. The number of hydrogen-bond acceptors (Lipinski definition) is 4. The van der Waals surface area contributed by atoms with Crippen LogP contribution in [0.2, 0.25) is 0 Å². The van der Waals surface area contributed by atoms with Crippen LogP contribution in [0.5, 0.6) is 5.75 Å². The molecule has 1 aromatic rings. The minimum absolute atomic E-state index is 0.234. The number of carbonyl (C=O) groups excluding carboxylic acids is 1. The first kappa shape index (κ1) is 10.3. The summed E-state index contributed by atoms with van der Waals surface area (Å²) in [5.74, 6) is 0.0725. The first-order valence-electron chi connectivity index (χ1n) is 4.72. The van der Waals surface area contributed by atoms with Gasteiger partial charge in [0.05, 0.1) is 11.7 Å². The van der Waals surface area contributed by atoms with Gasteiger partial charge in [-0.3, -0.25) is 4.79 Å². The average Bonchev–Trinajstić information content (AvgIpc) is 3.01. The van der Waals surface area contributed by atoms with Crippen molar-refractivity contribution in [3.63, 3.8) is 0 Å². The number of primary amides is 1. The number of nitrogens with two attached hydrogens (primary N) is 1. The summed E-state index contributed by atoms with van der Waals surface area (Å²) in [5.41, 5.74) is 5.70. The number of hydrogen-bond donors (Lipinski definition) is 1. The maximum absolute atomic E-state index is 11.2. The molecule has 1 aromatic heterocycles. The fourth-order valence-electron chi connectivity index (χ4n) is 1.23. The van der Waals surface area contributed by atoms with Crippen molar-refractivity contribution in [1.29, 1.82) is 0 Å². The van der Waals surface area contributed by atoms with Crippen molar-refractivity contribution >= 4 is 17.7 Å². The SMILES string of the molecule is CSc1nccc(C(N)=O)c1OC1CC1. The molecule has 0 aliphatic heterocycles. The normalized spacial score (nSPS) is 15.0. The van der Waals surface area contributed by atoms with Crippen molar-refractivity contribution < 1.29 is 9.53 Å². The summed E-state index contributed by atoms with van der Waals surface area (Å²) >= 11 is 1.45. The molecular weight excluding hydrogens is 212 g/mol. The smallest absolute Gasteiger partial charge is 0.252 e. The Morgan fingerprint density at radius 1 is 1.67 bits per heavy atom. The second kappa shape index (κ2) is 4.10. The van der Waals surface area contributed by atoms with E-state index in [1.54, 1.807) is 12.3 Å². The van der Waals surface area contributed by atoms with Gasteiger partial charge in [0, 0.05) is 6.20 Å². The topological polar surface area (TPSA) is 65.2 Å². The van der Waals surface area contributed by atoms with Gasteiger partial charge >= 0.3 is 0 Å². The van der Waals surface area contributed by atoms with Crippen molar-refractivity contribution in [1.82, 2.24) is 4.98 Å². The lowest BCUT2D eigenvalue weighted by Crippen LogP contribution is -2.14. The van der Waals surface area contributed by atoms with Crippen molar-refractivity contribution in [2.75, 3.05) is 6.26 Å². The molecule has 1 aliphatic rings. The highest BCUT2D eigenvalue weighted by Gasteiger charge is 2.27. The lowest BCUT2D eigenvalue weighted by atomic mass is 10.2. The molecule has 0 saturated heterocycles. The summed E-state index contributed by atoms with van der Waals surface area (Å²) in [5, 5.41) is 0.721. The third-order valence-corrected chi connectivity index (χ3v) is 2.82. The van der Waals surface area contributed by atoms with Crippen LogP contribution in [0, 0.1) is 0 Å². The molecule has 2 rings (SSSR count). The molecule has 0 aromatic carbocycles. The molecule has 5 heteroatoms. The summed E-state index contributed by atoms with van der Waals surface area (Å²) in [6.45, 7) is 0. The van der Waals surface area contributed by atoms with Crippen LogP contribution in [0.4, 0.5) is 0 Å². The molecule has 15 heavy (non-hydrogen) atoms. The fraction of sp³-hybridized carbons (Fsp3) is 0.400. The number of ether oxygens (including phenoxy) is 1. The van der Waals surface area contributed by atoms with E-state index in [1.807, 2.05) is 6.26 Å². The number of nitrogens with zero attached hydrogens (tertiary/aromatic N) is 1. The first-order chi connectivity index (χ1) is 7.22. The van der Waals surface area contributed by atoms with E-state index < -0.39 is 5.91 Å². The Morgan fingerprint density at radius 2 is 2.40 bits per heavy atom. The predicted molar refractivity (Wildman–Crippen MR) is 58.2 cm³/mol. The standard InChI is InChI=1S/C10H12N2O2S/c1-15-10-8(14-6-2-3-6)7(9(11)13)4-5-12-10/h4-6H,2-3H2,1H3,(H2,11,13). The summed E-state index contributed by atoms with van der Waals surface area (Å²) in [4.78, 5) is 15.3. The van der Waals surface area contributed by atoms with Gasteiger partial charge in [0.15, 0.2) is 5.75 Å². The Hall–Kier alpha value is -1.23. The third-order valence-electron chi connectivity index (χ3n) is 2.14. The monoisotopic (exact) mass is 224 g/mol. The largest absolute Gasteiger partial charge is 0.487 e. The molecular formula is C10H12N2O2S. The van der Waals surface area contributed by atoms with Crippen molar-refractivity contribution in [2.45, 2.75) is 24.0 Å². The molecule has 0 unspecified atom stereocenters. The van der Waals surface area contributed by atoms with Crippen LogP contribution in [0.25, 0.3) is 0 Å². The third kappa shape index (κ3) is 2.23. The van der Waals surface area contributed by atoms with E-state index in [0.29, 0.717) is 11.3 Å². The number of thioether (sulfide) groups is 1. The predicted octanol–water partition coefficient (Wildman–Crippen LogP) is 1.44. The van der Waals surface area contributed by atoms with Gasteiger partial charge in [0.25, 0.3) is 5.91 Å². The van der Waals surface area contributed by atoms with E-state index in [-0.39, 0.29) is 6.10 Å². The molecule has 2 N–H and O–H groups in total. The van der Waals surface area contributed by atoms with Gasteiger partial charge in [-0.2, -0.15) is 0 Å². The molecule has 0 spiro atoms. The maximum atomic E-state index is 11.2. The average molecular weight is 224 g/mol. The van der Waals surface area contributed by atoms with E-state index in [2.05, 4.69) is 4.98 Å². The molecule has 1 aliphatic carbocycles. The van der Waals surface area contributed by atoms with Gasteiger partial charge in [0.1, 0.15) is 5.03 Å². The van der Waals surface area contributed by atoms with Gasteiger partial charge in [-0.25, -0.2) is 4.98 Å². The van der Waals surface area contributed by atoms with Crippen LogP contribution in [0.3, 0.4) is 0 Å². The Labute approximate surface area is 92.2 Å². The number of aromatic nitrogens is 1. The van der Waals surface area contributed by atoms with Crippen LogP contribution >= 0.6 is 11.8 Å². The zero-order valence-corrected chi connectivity index (χ0v) is 9.21. The number of carbonyl (C=O) groups is 1. The lowest BCUT2D eigenvalue weighted by molar-refractivity contribution is 0.0995. The number of pyridine rings is 1. The molecule has 1 amide bonds. The van der Waals surface area contributed by atoms with Gasteiger partial charge in [0.2, 0.25) is 0 Å². The minimum Gasteiger partial charge on any atom is -0.487 e.